The van der Waals surface area contributed by atoms with E-state index in [0.717, 1.165) is 45.3 Å². The Balaban J connectivity index is 1.59. The monoisotopic (exact) mass is 370 g/mol. The Kier molecular flexibility index (Phi) is 6.23. The molecule has 1 unspecified atom stereocenters. The molecule has 2 heterocycles. The van der Waals surface area contributed by atoms with Crippen LogP contribution in [0.2, 0.25) is 0 Å². The largest absolute Gasteiger partial charge is 0.342 e. The first-order valence-corrected chi connectivity index (χ1v) is 10.5. The molecule has 4 nitrogen and oxygen atoms in total. The Morgan fingerprint density at radius 3 is 2.44 bits per heavy atom. The molecular formula is C23H34N2O2. The van der Waals surface area contributed by atoms with E-state index in [9.17, 15) is 9.59 Å². The highest BCUT2D eigenvalue weighted by Gasteiger charge is 2.33. The van der Waals surface area contributed by atoms with Gasteiger partial charge in [0, 0.05) is 32.0 Å². The van der Waals surface area contributed by atoms with E-state index in [4.69, 9.17) is 0 Å². The fourth-order valence-electron chi connectivity index (χ4n) is 4.59. The predicted octanol–water partition coefficient (Wildman–Crippen LogP) is 4.25. The van der Waals surface area contributed by atoms with Crippen LogP contribution < -0.4 is 0 Å². The number of benzene rings is 1. The van der Waals surface area contributed by atoms with Gasteiger partial charge >= 0.3 is 0 Å². The summed E-state index contributed by atoms with van der Waals surface area (Å²) in [5, 5.41) is 0. The van der Waals surface area contributed by atoms with E-state index < -0.39 is 0 Å². The molecule has 2 aliphatic rings. The molecule has 2 amide bonds. The fourth-order valence-corrected chi connectivity index (χ4v) is 4.59. The van der Waals surface area contributed by atoms with Gasteiger partial charge in [0.05, 0.1) is 6.04 Å². The van der Waals surface area contributed by atoms with Crippen LogP contribution in [0.4, 0.5) is 0 Å². The van der Waals surface area contributed by atoms with E-state index in [1.54, 1.807) is 0 Å². The lowest BCUT2D eigenvalue weighted by Gasteiger charge is -2.34. The molecule has 0 bridgehead atoms. The lowest BCUT2D eigenvalue weighted by atomic mass is 9.91. The molecule has 2 aliphatic heterocycles. The van der Waals surface area contributed by atoms with Crippen LogP contribution in [-0.4, -0.2) is 41.2 Å². The molecule has 0 saturated carbocycles. The van der Waals surface area contributed by atoms with E-state index in [2.05, 4.69) is 36.9 Å². The first-order valence-electron chi connectivity index (χ1n) is 10.5. The van der Waals surface area contributed by atoms with E-state index in [0.29, 0.717) is 18.2 Å². The second-order valence-corrected chi connectivity index (χ2v) is 8.73. The quantitative estimate of drug-likeness (QED) is 0.795. The van der Waals surface area contributed by atoms with Gasteiger partial charge in [-0.15, -0.1) is 0 Å². The van der Waals surface area contributed by atoms with Gasteiger partial charge in [-0.3, -0.25) is 9.59 Å². The van der Waals surface area contributed by atoms with Gasteiger partial charge in [0.1, 0.15) is 0 Å². The summed E-state index contributed by atoms with van der Waals surface area (Å²) in [5.74, 6) is 1.01. The smallest absolute Gasteiger partial charge is 0.225 e. The summed E-state index contributed by atoms with van der Waals surface area (Å²) in [4.78, 5) is 29.3. The van der Waals surface area contributed by atoms with Crippen LogP contribution in [0.5, 0.6) is 0 Å². The van der Waals surface area contributed by atoms with E-state index in [-0.39, 0.29) is 17.9 Å². The normalized spacial score (nSPS) is 21.1. The molecule has 148 valence electrons. The topological polar surface area (TPSA) is 40.6 Å². The molecule has 27 heavy (non-hydrogen) atoms. The van der Waals surface area contributed by atoms with Crippen molar-refractivity contribution in [3.05, 3.63) is 34.9 Å². The number of rotatable bonds is 4. The van der Waals surface area contributed by atoms with Crippen LogP contribution in [0.15, 0.2) is 18.2 Å². The maximum atomic E-state index is 13.1. The highest BCUT2D eigenvalue weighted by molar-refractivity contribution is 5.79. The molecule has 1 atom stereocenters. The number of carbonyl (C=O) groups is 2. The number of carbonyl (C=O) groups excluding carboxylic acids is 2. The van der Waals surface area contributed by atoms with Crippen molar-refractivity contribution in [1.29, 1.82) is 0 Å². The molecule has 0 spiro atoms. The van der Waals surface area contributed by atoms with E-state index in [1.807, 2.05) is 18.7 Å². The average Bonchev–Trinajstić information content (AvgIpc) is 3.13. The lowest BCUT2D eigenvalue weighted by molar-refractivity contribution is -0.136. The van der Waals surface area contributed by atoms with Crippen LogP contribution in [0.25, 0.3) is 0 Å². The number of hydrogen-bond donors (Lipinski definition) is 0. The van der Waals surface area contributed by atoms with Crippen LogP contribution in [-0.2, 0) is 9.59 Å². The maximum Gasteiger partial charge on any atom is 0.225 e. The number of likely N-dealkylation sites (tertiary alicyclic amines) is 2. The minimum atomic E-state index is 0.0612. The lowest BCUT2D eigenvalue weighted by Crippen LogP contribution is -2.41. The van der Waals surface area contributed by atoms with Gasteiger partial charge in [-0.05, 0) is 56.6 Å². The second-order valence-electron chi connectivity index (χ2n) is 8.73. The van der Waals surface area contributed by atoms with Crippen molar-refractivity contribution in [2.24, 2.45) is 11.8 Å². The van der Waals surface area contributed by atoms with Crippen molar-refractivity contribution in [2.45, 2.75) is 65.8 Å². The second kappa shape index (κ2) is 8.45. The molecular weight excluding hydrogens is 336 g/mol. The molecule has 1 aromatic carbocycles. The first kappa shape index (κ1) is 19.9. The number of aryl methyl sites for hydroxylation is 2. The van der Waals surface area contributed by atoms with Gasteiger partial charge in [0.2, 0.25) is 11.8 Å². The third-order valence-electron chi connectivity index (χ3n) is 6.25. The van der Waals surface area contributed by atoms with Crippen molar-refractivity contribution < 1.29 is 9.59 Å². The number of hydrogen-bond acceptors (Lipinski definition) is 2. The minimum absolute atomic E-state index is 0.0612. The van der Waals surface area contributed by atoms with Crippen LogP contribution in [0, 0.1) is 25.7 Å². The number of piperidine rings is 1. The molecule has 3 rings (SSSR count). The Morgan fingerprint density at radius 1 is 1.07 bits per heavy atom. The molecule has 2 fully saturated rings. The summed E-state index contributed by atoms with van der Waals surface area (Å²) < 4.78 is 0. The van der Waals surface area contributed by atoms with Crippen molar-refractivity contribution >= 4 is 11.8 Å². The molecule has 0 aromatic heterocycles. The predicted molar refractivity (Wildman–Crippen MR) is 108 cm³/mol. The molecule has 4 heteroatoms. The standard InChI is InChI=1S/C23H34N2O2/c1-16(2)23(27)24-12-9-19(10-13-24)15-22(26)25-11-5-6-21(25)20-14-17(3)7-8-18(20)4/h7-8,14,16,19,21H,5-6,9-13,15H2,1-4H3. The Hall–Kier alpha value is -1.84. The van der Waals surface area contributed by atoms with Gasteiger partial charge in [-0.1, -0.05) is 37.6 Å². The van der Waals surface area contributed by atoms with E-state index in [1.165, 1.54) is 16.7 Å². The first-order chi connectivity index (χ1) is 12.9. The Labute approximate surface area is 163 Å². The Morgan fingerprint density at radius 2 is 1.78 bits per heavy atom. The summed E-state index contributed by atoms with van der Waals surface area (Å²) >= 11 is 0. The van der Waals surface area contributed by atoms with Gasteiger partial charge < -0.3 is 9.80 Å². The van der Waals surface area contributed by atoms with Crippen molar-refractivity contribution in [3.63, 3.8) is 0 Å². The van der Waals surface area contributed by atoms with Crippen molar-refractivity contribution in [2.75, 3.05) is 19.6 Å². The minimum Gasteiger partial charge on any atom is -0.342 e. The summed E-state index contributed by atoms with van der Waals surface area (Å²) in [5.41, 5.74) is 3.86. The Bertz CT molecular complexity index is 690. The highest BCUT2D eigenvalue weighted by Crippen LogP contribution is 2.35. The SMILES string of the molecule is Cc1ccc(C)c(C2CCCN2C(=O)CC2CCN(C(=O)C(C)C)CC2)c1. The summed E-state index contributed by atoms with van der Waals surface area (Å²) in [6.45, 7) is 10.7. The summed E-state index contributed by atoms with van der Waals surface area (Å²) in [7, 11) is 0. The fraction of sp³-hybridized carbons (Fsp3) is 0.652. The zero-order valence-electron chi connectivity index (χ0n) is 17.3. The zero-order valence-corrected chi connectivity index (χ0v) is 17.3. The summed E-state index contributed by atoms with van der Waals surface area (Å²) in [6, 6.07) is 6.81. The average molecular weight is 371 g/mol. The van der Waals surface area contributed by atoms with Crippen LogP contribution >= 0.6 is 0 Å². The van der Waals surface area contributed by atoms with Crippen molar-refractivity contribution in [1.82, 2.24) is 9.80 Å². The van der Waals surface area contributed by atoms with Crippen molar-refractivity contribution in [3.8, 4) is 0 Å². The molecule has 1 aromatic rings. The van der Waals surface area contributed by atoms with Gasteiger partial charge in [0.25, 0.3) is 0 Å². The molecule has 0 radical (unpaired) electrons. The molecule has 0 N–H and O–H groups in total. The molecule has 0 aliphatic carbocycles. The van der Waals surface area contributed by atoms with Crippen LogP contribution in [0.1, 0.15) is 68.7 Å². The van der Waals surface area contributed by atoms with Crippen LogP contribution in [0.3, 0.4) is 0 Å². The number of amides is 2. The summed E-state index contributed by atoms with van der Waals surface area (Å²) in [6.07, 6.45) is 4.69. The van der Waals surface area contributed by atoms with Gasteiger partial charge in [-0.2, -0.15) is 0 Å². The third kappa shape index (κ3) is 4.53. The zero-order chi connectivity index (χ0) is 19.6. The van der Waals surface area contributed by atoms with Gasteiger partial charge in [0.15, 0.2) is 0 Å². The third-order valence-corrected chi connectivity index (χ3v) is 6.25. The van der Waals surface area contributed by atoms with E-state index >= 15 is 0 Å². The number of nitrogens with zero attached hydrogens (tertiary/aromatic N) is 2. The van der Waals surface area contributed by atoms with Gasteiger partial charge in [-0.25, -0.2) is 0 Å². The highest BCUT2D eigenvalue weighted by atomic mass is 16.2. The molecule has 2 saturated heterocycles. The maximum absolute atomic E-state index is 13.1.